The number of unbranched alkanes of at least 4 members (excludes halogenated alkanes) is 1. The quantitative estimate of drug-likeness (QED) is 0.196. The normalized spacial score (nSPS) is 17.4. The lowest BCUT2D eigenvalue weighted by atomic mass is 9.95. The molecule has 2 aromatic carbocycles. The summed E-state index contributed by atoms with van der Waals surface area (Å²) in [5.41, 5.74) is 0.979. The van der Waals surface area contributed by atoms with Gasteiger partial charge in [0.2, 0.25) is 0 Å². The highest BCUT2D eigenvalue weighted by Crippen LogP contribution is 2.40. The molecule has 1 unspecified atom stereocenters. The van der Waals surface area contributed by atoms with E-state index in [-0.39, 0.29) is 16.9 Å². The van der Waals surface area contributed by atoms with Crippen LogP contribution in [0.1, 0.15) is 57.2 Å². The van der Waals surface area contributed by atoms with Crippen molar-refractivity contribution in [3.63, 3.8) is 0 Å². The number of benzene rings is 2. The number of hydrogen-bond acceptors (Lipinski definition) is 5. The number of ketones is 1. The maximum absolute atomic E-state index is 13.5. The van der Waals surface area contributed by atoms with E-state index in [0.29, 0.717) is 30.9 Å². The Hall–Kier alpha value is -3.19. The van der Waals surface area contributed by atoms with Crippen LogP contribution < -0.4 is 4.74 Å². The third-order valence-corrected chi connectivity index (χ3v) is 6.37. The highest BCUT2D eigenvalue weighted by molar-refractivity contribution is 6.46. The molecule has 0 aromatic heterocycles. The molecule has 3 rings (SSSR count). The van der Waals surface area contributed by atoms with Crippen molar-refractivity contribution in [1.29, 1.82) is 0 Å². The van der Waals surface area contributed by atoms with E-state index in [2.05, 4.69) is 25.7 Å². The molecule has 1 saturated heterocycles. The Kier molecular flexibility index (Phi) is 9.43. The van der Waals surface area contributed by atoms with E-state index in [0.717, 1.165) is 32.5 Å². The molecule has 0 spiro atoms. The summed E-state index contributed by atoms with van der Waals surface area (Å²) < 4.78 is 19.3. The van der Waals surface area contributed by atoms with Crippen LogP contribution >= 0.6 is 0 Å². The van der Waals surface area contributed by atoms with Gasteiger partial charge in [-0.05, 0) is 74.4 Å². The molecule has 0 bridgehead atoms. The molecule has 35 heavy (non-hydrogen) atoms. The Labute approximate surface area is 207 Å². The number of hydrogen-bond donors (Lipinski definition) is 1. The number of carbonyl (C=O) groups is 2. The van der Waals surface area contributed by atoms with Crippen molar-refractivity contribution in [2.24, 2.45) is 0 Å². The first-order valence-electron chi connectivity index (χ1n) is 12.4. The molecule has 188 valence electrons. The monoisotopic (exact) mass is 482 g/mol. The van der Waals surface area contributed by atoms with E-state index in [1.807, 2.05) is 24.3 Å². The van der Waals surface area contributed by atoms with E-state index < -0.39 is 23.5 Å². The topological polar surface area (TPSA) is 70.1 Å². The molecule has 1 N–H and O–H groups in total. The minimum Gasteiger partial charge on any atom is -0.507 e. The molecule has 0 aliphatic carbocycles. The summed E-state index contributed by atoms with van der Waals surface area (Å²) in [4.78, 5) is 30.1. The fourth-order valence-corrected chi connectivity index (χ4v) is 4.33. The first-order valence-corrected chi connectivity index (χ1v) is 12.4. The first-order chi connectivity index (χ1) is 16.9. The van der Waals surface area contributed by atoms with Crippen molar-refractivity contribution in [2.75, 3.05) is 32.8 Å². The molecular weight excluding hydrogens is 447 g/mol. The Bertz CT molecular complexity index is 1050. The smallest absolute Gasteiger partial charge is 0.295 e. The molecule has 1 fully saturated rings. The third kappa shape index (κ3) is 6.28. The predicted octanol–water partition coefficient (Wildman–Crippen LogP) is 5.16. The minimum absolute atomic E-state index is 0.00940. The zero-order valence-corrected chi connectivity index (χ0v) is 20.8. The summed E-state index contributed by atoms with van der Waals surface area (Å²) in [7, 11) is 0. The van der Waals surface area contributed by atoms with Gasteiger partial charge in [-0.3, -0.25) is 9.59 Å². The second-order valence-electron chi connectivity index (χ2n) is 8.65. The van der Waals surface area contributed by atoms with Crippen molar-refractivity contribution in [1.82, 2.24) is 9.80 Å². The Morgan fingerprint density at radius 2 is 1.77 bits per heavy atom. The summed E-state index contributed by atoms with van der Waals surface area (Å²) in [6.45, 7) is 9.79. The standard InChI is InChI=1S/C28H35FN2O4/c1-4-7-18-35-23-11-8-10-21(19-23)25-24(26(32)20-12-14-22(29)15-13-20)27(33)28(34)31(25)17-9-16-30(5-2)6-3/h8,10-15,19,25,32H,4-7,9,16-18H2,1-3H3. The lowest BCUT2D eigenvalue weighted by Gasteiger charge is -2.27. The van der Waals surface area contributed by atoms with Crippen LogP contribution in [0.3, 0.4) is 0 Å². The van der Waals surface area contributed by atoms with Gasteiger partial charge in [0.1, 0.15) is 17.3 Å². The fourth-order valence-electron chi connectivity index (χ4n) is 4.33. The van der Waals surface area contributed by atoms with Crippen LogP contribution in [0.15, 0.2) is 54.1 Å². The minimum atomic E-state index is -0.758. The molecular formula is C28H35FN2O4. The van der Waals surface area contributed by atoms with Crippen LogP contribution in [-0.2, 0) is 9.59 Å². The van der Waals surface area contributed by atoms with Gasteiger partial charge in [0.05, 0.1) is 18.2 Å². The Morgan fingerprint density at radius 3 is 2.43 bits per heavy atom. The second kappa shape index (κ2) is 12.5. The molecule has 1 atom stereocenters. The van der Waals surface area contributed by atoms with Gasteiger partial charge in [0.25, 0.3) is 11.7 Å². The van der Waals surface area contributed by atoms with Crippen LogP contribution in [0.5, 0.6) is 5.75 Å². The van der Waals surface area contributed by atoms with Gasteiger partial charge in [-0.2, -0.15) is 0 Å². The van der Waals surface area contributed by atoms with E-state index in [9.17, 15) is 19.1 Å². The Balaban J connectivity index is 2.01. The van der Waals surface area contributed by atoms with Crippen molar-refractivity contribution >= 4 is 17.4 Å². The van der Waals surface area contributed by atoms with Crippen molar-refractivity contribution in [3.05, 3.63) is 71.0 Å². The first kappa shape index (κ1) is 26.4. The highest BCUT2D eigenvalue weighted by Gasteiger charge is 2.45. The molecule has 6 nitrogen and oxygen atoms in total. The summed E-state index contributed by atoms with van der Waals surface area (Å²) in [6.07, 6.45) is 2.61. The predicted molar refractivity (Wildman–Crippen MR) is 135 cm³/mol. The number of rotatable bonds is 12. The average molecular weight is 483 g/mol. The molecule has 0 saturated carbocycles. The van der Waals surface area contributed by atoms with Gasteiger partial charge in [-0.1, -0.05) is 39.3 Å². The number of nitrogens with zero attached hydrogens (tertiary/aromatic N) is 2. The van der Waals surface area contributed by atoms with Gasteiger partial charge in [-0.15, -0.1) is 0 Å². The zero-order valence-electron chi connectivity index (χ0n) is 20.8. The highest BCUT2D eigenvalue weighted by atomic mass is 19.1. The number of Topliss-reactive ketones (excluding diaryl/α,β-unsaturated/α-hetero) is 1. The maximum atomic E-state index is 13.5. The molecule has 1 aliphatic heterocycles. The average Bonchev–Trinajstić information content (AvgIpc) is 3.12. The van der Waals surface area contributed by atoms with Crippen LogP contribution in [0, 0.1) is 5.82 Å². The van der Waals surface area contributed by atoms with Crippen LogP contribution in [0.25, 0.3) is 5.76 Å². The van der Waals surface area contributed by atoms with E-state index in [4.69, 9.17) is 4.74 Å². The van der Waals surface area contributed by atoms with Crippen LogP contribution in [0.4, 0.5) is 4.39 Å². The number of halogens is 1. The van der Waals surface area contributed by atoms with Crippen LogP contribution in [0.2, 0.25) is 0 Å². The van der Waals surface area contributed by atoms with E-state index in [1.54, 1.807) is 0 Å². The number of ether oxygens (including phenoxy) is 1. The van der Waals surface area contributed by atoms with Gasteiger partial charge in [0.15, 0.2) is 0 Å². The van der Waals surface area contributed by atoms with Crippen molar-refractivity contribution in [3.8, 4) is 5.75 Å². The summed E-state index contributed by atoms with van der Waals surface area (Å²) in [5, 5.41) is 11.1. The van der Waals surface area contributed by atoms with Gasteiger partial charge in [-0.25, -0.2) is 4.39 Å². The molecule has 7 heteroatoms. The molecule has 1 heterocycles. The number of likely N-dealkylation sites (tertiary alicyclic amines) is 1. The number of amides is 1. The SMILES string of the molecule is CCCCOc1cccc(C2C(=C(O)c3ccc(F)cc3)C(=O)C(=O)N2CCCN(CC)CC)c1. The third-order valence-electron chi connectivity index (χ3n) is 6.37. The molecule has 2 aromatic rings. The zero-order chi connectivity index (χ0) is 25.4. The summed E-state index contributed by atoms with van der Waals surface area (Å²) in [5.74, 6) is -1.50. The number of carbonyl (C=O) groups excluding carboxylic acids is 2. The number of aliphatic hydroxyl groups is 1. The van der Waals surface area contributed by atoms with Crippen molar-refractivity contribution < 1.29 is 23.8 Å². The lowest BCUT2D eigenvalue weighted by molar-refractivity contribution is -0.140. The summed E-state index contributed by atoms with van der Waals surface area (Å²) in [6, 6.07) is 11.8. The largest absolute Gasteiger partial charge is 0.507 e. The van der Waals surface area contributed by atoms with Gasteiger partial charge in [0, 0.05) is 12.1 Å². The van der Waals surface area contributed by atoms with E-state index >= 15 is 0 Å². The van der Waals surface area contributed by atoms with Gasteiger partial charge >= 0.3 is 0 Å². The Morgan fingerprint density at radius 1 is 1.06 bits per heavy atom. The second-order valence-corrected chi connectivity index (χ2v) is 8.65. The molecule has 1 amide bonds. The van der Waals surface area contributed by atoms with E-state index in [1.165, 1.54) is 29.2 Å². The molecule has 1 aliphatic rings. The van der Waals surface area contributed by atoms with Crippen LogP contribution in [-0.4, -0.2) is 59.4 Å². The summed E-state index contributed by atoms with van der Waals surface area (Å²) >= 11 is 0. The fraction of sp³-hybridized carbons (Fsp3) is 0.429. The maximum Gasteiger partial charge on any atom is 0.295 e. The number of aliphatic hydroxyl groups excluding tert-OH is 1. The van der Waals surface area contributed by atoms with Crippen molar-refractivity contribution in [2.45, 2.75) is 46.1 Å². The molecule has 0 radical (unpaired) electrons. The lowest BCUT2D eigenvalue weighted by Crippen LogP contribution is -2.33. The van der Waals surface area contributed by atoms with Gasteiger partial charge < -0.3 is 19.6 Å².